The number of nitrogens with one attached hydrogen (secondary N) is 3. The molecule has 1 amide bonds. The first-order valence-electron chi connectivity index (χ1n) is 12.9. The second kappa shape index (κ2) is 11.6. The fourth-order valence-electron chi connectivity index (χ4n) is 5.06. The van der Waals surface area contributed by atoms with Crippen molar-refractivity contribution >= 4 is 23.2 Å². The third-order valence-corrected chi connectivity index (χ3v) is 7.12. The van der Waals surface area contributed by atoms with E-state index in [1.807, 2.05) is 6.07 Å². The summed E-state index contributed by atoms with van der Waals surface area (Å²) in [6, 6.07) is 12.5. The summed E-state index contributed by atoms with van der Waals surface area (Å²) in [5.74, 6) is 1.88. The van der Waals surface area contributed by atoms with Crippen molar-refractivity contribution in [1.82, 2.24) is 20.6 Å². The van der Waals surface area contributed by atoms with Crippen LogP contribution < -0.4 is 25.6 Å². The Hall–Kier alpha value is -3.72. The molecule has 0 radical (unpaired) electrons. The van der Waals surface area contributed by atoms with E-state index in [2.05, 4.69) is 30.8 Å². The lowest BCUT2D eigenvalue weighted by atomic mass is 9.90. The maximum Gasteiger partial charge on any atom is 0.251 e. The fraction of sp³-hybridized carbons (Fsp3) is 0.393. The number of piperidine rings is 2. The van der Waals surface area contributed by atoms with Gasteiger partial charge in [0.1, 0.15) is 17.4 Å². The Morgan fingerprint density at radius 1 is 1.11 bits per heavy atom. The smallest absolute Gasteiger partial charge is 0.251 e. The number of anilines is 3. The minimum Gasteiger partial charge on any atom is -0.497 e. The molecule has 0 saturated carbocycles. The van der Waals surface area contributed by atoms with Crippen LogP contribution in [0, 0.1) is 5.82 Å². The van der Waals surface area contributed by atoms with Gasteiger partial charge in [0.25, 0.3) is 5.91 Å². The van der Waals surface area contributed by atoms with Crippen molar-refractivity contribution in [1.29, 1.82) is 0 Å². The van der Waals surface area contributed by atoms with Gasteiger partial charge >= 0.3 is 0 Å². The summed E-state index contributed by atoms with van der Waals surface area (Å²) in [5, 5.41) is 9.56. The van der Waals surface area contributed by atoms with E-state index in [4.69, 9.17) is 4.74 Å². The highest BCUT2D eigenvalue weighted by Gasteiger charge is 2.23. The van der Waals surface area contributed by atoms with Crippen LogP contribution in [0.25, 0.3) is 0 Å². The van der Waals surface area contributed by atoms with E-state index < -0.39 is 0 Å². The predicted octanol–water partition coefficient (Wildman–Crippen LogP) is 4.23. The number of aromatic nitrogens is 2. The summed E-state index contributed by atoms with van der Waals surface area (Å²) >= 11 is 0. The van der Waals surface area contributed by atoms with Crippen LogP contribution in [0.3, 0.4) is 0 Å². The highest BCUT2D eigenvalue weighted by Crippen LogP contribution is 2.29. The Labute approximate surface area is 216 Å². The molecule has 2 fully saturated rings. The highest BCUT2D eigenvalue weighted by molar-refractivity contribution is 5.94. The van der Waals surface area contributed by atoms with E-state index in [1.165, 1.54) is 0 Å². The molecule has 3 N–H and O–H groups in total. The zero-order valence-corrected chi connectivity index (χ0v) is 21.0. The van der Waals surface area contributed by atoms with Gasteiger partial charge in [-0.05, 0) is 86.7 Å². The van der Waals surface area contributed by atoms with E-state index in [1.54, 1.807) is 55.9 Å². The second-order valence-corrected chi connectivity index (χ2v) is 9.64. The molecule has 2 aliphatic rings. The minimum atomic E-state index is -0.289. The summed E-state index contributed by atoms with van der Waals surface area (Å²) < 4.78 is 20.1. The second-order valence-electron chi connectivity index (χ2n) is 9.64. The summed E-state index contributed by atoms with van der Waals surface area (Å²) in [6.45, 7) is 3.38. The van der Waals surface area contributed by atoms with Gasteiger partial charge in [-0.1, -0.05) is 6.07 Å². The monoisotopic (exact) mass is 504 g/mol. The van der Waals surface area contributed by atoms with Gasteiger partial charge < -0.3 is 25.6 Å². The molecule has 2 aromatic carbocycles. The number of benzene rings is 2. The molecule has 5 rings (SSSR count). The largest absolute Gasteiger partial charge is 0.497 e. The van der Waals surface area contributed by atoms with Crippen LogP contribution in [0.2, 0.25) is 0 Å². The number of halogens is 1. The van der Waals surface area contributed by atoms with Crippen molar-refractivity contribution < 1.29 is 13.9 Å². The molecular formula is C28H33FN6O2. The molecule has 1 atom stereocenters. The van der Waals surface area contributed by atoms with Crippen LogP contribution in [0.15, 0.2) is 54.9 Å². The number of amides is 1. The Bertz CT molecular complexity index is 1220. The summed E-state index contributed by atoms with van der Waals surface area (Å²) in [7, 11) is 1.60. The maximum absolute atomic E-state index is 14.9. The molecule has 3 aromatic rings. The van der Waals surface area contributed by atoms with Crippen LogP contribution in [-0.4, -0.2) is 55.2 Å². The van der Waals surface area contributed by atoms with Gasteiger partial charge in [-0.25, -0.2) is 9.37 Å². The number of hydrogen-bond acceptors (Lipinski definition) is 7. The van der Waals surface area contributed by atoms with E-state index in [-0.39, 0.29) is 17.8 Å². The number of nitrogens with zero attached hydrogens (tertiary/aromatic N) is 3. The summed E-state index contributed by atoms with van der Waals surface area (Å²) in [5.41, 5.74) is 2.02. The molecule has 3 heterocycles. The first kappa shape index (κ1) is 25.0. The third-order valence-electron chi connectivity index (χ3n) is 7.12. The van der Waals surface area contributed by atoms with Crippen molar-refractivity contribution in [2.45, 2.75) is 37.6 Å². The van der Waals surface area contributed by atoms with Gasteiger partial charge in [0, 0.05) is 24.7 Å². The molecule has 37 heavy (non-hydrogen) atoms. The van der Waals surface area contributed by atoms with Crippen molar-refractivity contribution in [3.8, 4) is 5.75 Å². The molecular weight excluding hydrogens is 471 g/mol. The van der Waals surface area contributed by atoms with Crippen LogP contribution in [0.5, 0.6) is 5.75 Å². The van der Waals surface area contributed by atoms with Crippen molar-refractivity contribution in [3.63, 3.8) is 0 Å². The lowest BCUT2D eigenvalue weighted by Gasteiger charge is -2.34. The van der Waals surface area contributed by atoms with E-state index >= 15 is 0 Å². The Morgan fingerprint density at radius 3 is 2.68 bits per heavy atom. The molecule has 0 spiro atoms. The molecule has 2 saturated heterocycles. The van der Waals surface area contributed by atoms with Gasteiger partial charge in [-0.15, -0.1) is 0 Å². The molecule has 0 aliphatic carbocycles. The minimum absolute atomic E-state index is 0.0123. The first-order chi connectivity index (χ1) is 18.1. The van der Waals surface area contributed by atoms with E-state index in [9.17, 15) is 9.18 Å². The zero-order chi connectivity index (χ0) is 25.6. The van der Waals surface area contributed by atoms with Gasteiger partial charge in [-0.2, -0.15) is 0 Å². The molecule has 1 aromatic heterocycles. The number of rotatable bonds is 7. The Balaban J connectivity index is 1.22. The van der Waals surface area contributed by atoms with Crippen molar-refractivity contribution in [2.75, 3.05) is 43.5 Å². The van der Waals surface area contributed by atoms with Gasteiger partial charge in [-0.3, -0.25) is 9.78 Å². The van der Waals surface area contributed by atoms with Gasteiger partial charge in [0.15, 0.2) is 5.82 Å². The van der Waals surface area contributed by atoms with Crippen molar-refractivity contribution in [3.05, 3.63) is 71.8 Å². The summed E-state index contributed by atoms with van der Waals surface area (Å²) in [6.07, 6.45) is 7.15. The SMILES string of the molecule is COc1ccc(C(=O)NC2CCCN(c3cncc(Nc4ccc(C5CCNCC5)cc4F)n3)C2)cc1. The van der Waals surface area contributed by atoms with E-state index in [0.29, 0.717) is 41.1 Å². The number of methoxy groups -OCH3 is 1. The molecule has 8 nitrogen and oxygen atoms in total. The van der Waals surface area contributed by atoms with Crippen LogP contribution in [0.1, 0.15) is 47.5 Å². The van der Waals surface area contributed by atoms with Crippen LogP contribution >= 0.6 is 0 Å². The van der Waals surface area contributed by atoms with Crippen LogP contribution in [-0.2, 0) is 0 Å². The third kappa shape index (κ3) is 6.17. The highest BCUT2D eigenvalue weighted by atomic mass is 19.1. The molecule has 0 bridgehead atoms. The number of ether oxygens (including phenoxy) is 1. The number of carbonyl (C=O) groups is 1. The van der Waals surface area contributed by atoms with Crippen molar-refractivity contribution in [2.24, 2.45) is 0 Å². The standard InChI is InChI=1S/C28H33FN6O2/c1-37-23-7-4-20(5-8-23)28(36)32-22-3-2-14-35(18-22)27-17-31-16-26(34-27)33-25-9-6-21(15-24(25)29)19-10-12-30-13-11-19/h4-9,15-17,19,22,30H,2-3,10-14,18H2,1H3,(H,32,36)(H,33,34). The Morgan fingerprint density at radius 2 is 1.92 bits per heavy atom. The average molecular weight is 505 g/mol. The lowest BCUT2D eigenvalue weighted by Crippen LogP contribution is -2.48. The van der Waals surface area contributed by atoms with Crippen LogP contribution in [0.4, 0.5) is 21.7 Å². The molecule has 1 unspecified atom stereocenters. The lowest BCUT2D eigenvalue weighted by molar-refractivity contribution is 0.0933. The first-order valence-corrected chi connectivity index (χ1v) is 12.9. The average Bonchev–Trinajstić information content (AvgIpc) is 2.95. The topological polar surface area (TPSA) is 91.4 Å². The quantitative estimate of drug-likeness (QED) is 0.444. The summed E-state index contributed by atoms with van der Waals surface area (Å²) in [4.78, 5) is 23.8. The molecule has 2 aliphatic heterocycles. The van der Waals surface area contributed by atoms with E-state index in [0.717, 1.165) is 50.9 Å². The normalized spacial score (nSPS) is 18.3. The molecule has 9 heteroatoms. The number of hydrogen-bond donors (Lipinski definition) is 3. The maximum atomic E-state index is 14.9. The number of carbonyl (C=O) groups excluding carboxylic acids is 1. The van der Waals surface area contributed by atoms with Gasteiger partial charge in [0.05, 0.1) is 25.2 Å². The fourth-order valence-corrected chi connectivity index (χ4v) is 5.06. The predicted molar refractivity (Wildman–Crippen MR) is 142 cm³/mol. The zero-order valence-electron chi connectivity index (χ0n) is 21.0. The molecule has 194 valence electrons. The Kier molecular flexibility index (Phi) is 7.79. The van der Waals surface area contributed by atoms with Gasteiger partial charge in [0.2, 0.25) is 0 Å².